The first-order chi connectivity index (χ1) is 10.1. The molecule has 0 aliphatic carbocycles. The number of anilines is 1. The second-order valence-electron chi connectivity index (χ2n) is 4.84. The van der Waals surface area contributed by atoms with Crippen molar-refractivity contribution in [2.75, 3.05) is 5.32 Å². The molecule has 2 aromatic heterocycles. The molecule has 1 aromatic carbocycles. The van der Waals surface area contributed by atoms with Gasteiger partial charge in [-0.1, -0.05) is 0 Å². The molecular weight excluding hydrogens is 284 g/mol. The van der Waals surface area contributed by atoms with Gasteiger partial charge in [-0.2, -0.15) is 0 Å². The van der Waals surface area contributed by atoms with Gasteiger partial charge in [0, 0.05) is 23.5 Å². The molecule has 0 saturated carbocycles. The Hall–Kier alpha value is -2.34. The van der Waals surface area contributed by atoms with Crippen molar-refractivity contribution in [2.24, 2.45) is 0 Å². The zero-order valence-corrected chi connectivity index (χ0v) is 12.6. The molecule has 0 radical (unpaired) electrons. The van der Waals surface area contributed by atoms with Crippen LogP contribution in [0.5, 0.6) is 0 Å². The molecule has 0 aliphatic rings. The van der Waals surface area contributed by atoms with Crippen LogP contribution in [0, 0.1) is 6.92 Å². The number of aryl methyl sites for hydroxylation is 1. The van der Waals surface area contributed by atoms with Crippen molar-refractivity contribution in [3.8, 4) is 5.69 Å². The van der Waals surface area contributed by atoms with Gasteiger partial charge in [0.1, 0.15) is 0 Å². The molecule has 0 spiro atoms. The van der Waals surface area contributed by atoms with Crippen LogP contribution in [0.2, 0.25) is 0 Å². The maximum Gasteiger partial charge on any atom is 0.330 e. The summed E-state index contributed by atoms with van der Waals surface area (Å²) >= 11 is 1.65. The topological polar surface area (TPSA) is 62.7 Å². The number of hydrogen-bond donors (Lipinski definition) is 2. The highest BCUT2D eigenvalue weighted by Gasteiger charge is 2.08. The van der Waals surface area contributed by atoms with Gasteiger partial charge in [-0.15, -0.1) is 11.3 Å². The van der Waals surface area contributed by atoms with Crippen LogP contribution < -0.4 is 11.0 Å². The van der Waals surface area contributed by atoms with Gasteiger partial charge in [-0.05, 0) is 38.1 Å². The van der Waals surface area contributed by atoms with Crippen molar-refractivity contribution in [2.45, 2.75) is 19.9 Å². The second-order valence-corrected chi connectivity index (χ2v) is 5.90. The monoisotopic (exact) mass is 300 g/mol. The van der Waals surface area contributed by atoms with Gasteiger partial charge in [-0.3, -0.25) is 4.57 Å². The van der Waals surface area contributed by atoms with Crippen molar-refractivity contribution in [1.29, 1.82) is 0 Å². The van der Waals surface area contributed by atoms with Crippen LogP contribution in [-0.2, 0) is 0 Å². The fraction of sp³-hybridized carbons (Fsp3) is 0.200. The molecule has 2 heterocycles. The molecule has 2 N–H and O–H groups in total. The zero-order valence-electron chi connectivity index (χ0n) is 11.8. The fourth-order valence-corrected chi connectivity index (χ4v) is 2.85. The summed E-state index contributed by atoms with van der Waals surface area (Å²) < 4.78 is 1.57. The maximum absolute atomic E-state index is 11.6. The minimum atomic E-state index is -0.137. The molecule has 6 heteroatoms. The van der Waals surface area contributed by atoms with E-state index in [0.29, 0.717) is 0 Å². The van der Waals surface area contributed by atoms with E-state index in [9.17, 15) is 4.79 Å². The Morgan fingerprint density at radius 1 is 1.33 bits per heavy atom. The Labute approximate surface area is 126 Å². The molecule has 3 aromatic rings. The smallest absolute Gasteiger partial charge is 0.330 e. The van der Waals surface area contributed by atoms with Gasteiger partial charge < -0.3 is 10.3 Å². The number of aromatic nitrogens is 3. The van der Waals surface area contributed by atoms with Crippen LogP contribution in [0.3, 0.4) is 0 Å². The van der Waals surface area contributed by atoms with Gasteiger partial charge in [0.05, 0.1) is 22.4 Å². The van der Waals surface area contributed by atoms with Crippen molar-refractivity contribution >= 4 is 17.0 Å². The number of nitrogens with zero attached hydrogens (tertiary/aromatic N) is 2. The number of hydrogen-bond acceptors (Lipinski definition) is 4. The van der Waals surface area contributed by atoms with E-state index in [1.807, 2.05) is 31.2 Å². The van der Waals surface area contributed by atoms with E-state index in [2.05, 4.69) is 27.6 Å². The maximum atomic E-state index is 11.6. The summed E-state index contributed by atoms with van der Waals surface area (Å²) in [5, 5.41) is 6.55. The number of rotatable bonds is 4. The van der Waals surface area contributed by atoms with Crippen LogP contribution in [0.4, 0.5) is 5.69 Å². The van der Waals surface area contributed by atoms with Gasteiger partial charge in [0.15, 0.2) is 0 Å². The average molecular weight is 300 g/mol. The normalized spacial score (nSPS) is 12.3. The second kappa shape index (κ2) is 5.57. The molecule has 3 rings (SSSR count). The quantitative estimate of drug-likeness (QED) is 0.778. The van der Waals surface area contributed by atoms with E-state index in [1.54, 1.807) is 28.3 Å². The van der Waals surface area contributed by atoms with Crippen molar-refractivity contribution < 1.29 is 0 Å². The van der Waals surface area contributed by atoms with E-state index >= 15 is 0 Å². The first kappa shape index (κ1) is 13.6. The Bertz CT molecular complexity index is 784. The lowest BCUT2D eigenvalue weighted by Gasteiger charge is -2.13. The number of H-pyrrole nitrogens is 1. The van der Waals surface area contributed by atoms with Crippen molar-refractivity contribution in [1.82, 2.24) is 14.5 Å². The highest BCUT2D eigenvalue weighted by Crippen LogP contribution is 2.21. The SMILES string of the molecule is Cc1nc(C(C)Nc2ccc(-n3cc[nH]c3=O)cc2)cs1. The van der Waals surface area contributed by atoms with Crippen LogP contribution in [0.25, 0.3) is 5.69 Å². The molecule has 1 atom stereocenters. The van der Waals surface area contributed by atoms with Gasteiger partial charge in [0.25, 0.3) is 0 Å². The fourth-order valence-electron chi connectivity index (χ4n) is 2.14. The molecule has 21 heavy (non-hydrogen) atoms. The minimum Gasteiger partial charge on any atom is -0.377 e. The Morgan fingerprint density at radius 3 is 2.67 bits per heavy atom. The highest BCUT2D eigenvalue weighted by molar-refractivity contribution is 7.09. The third-order valence-electron chi connectivity index (χ3n) is 3.26. The molecular formula is C15H16N4OS. The molecule has 0 fully saturated rings. The summed E-state index contributed by atoms with van der Waals surface area (Å²) in [4.78, 5) is 18.7. The van der Waals surface area contributed by atoms with Crippen LogP contribution in [0.15, 0.2) is 46.8 Å². The summed E-state index contributed by atoms with van der Waals surface area (Å²) in [6.07, 6.45) is 3.34. The Morgan fingerprint density at radius 2 is 2.10 bits per heavy atom. The van der Waals surface area contributed by atoms with Crippen LogP contribution in [0.1, 0.15) is 23.7 Å². The average Bonchev–Trinajstić information content (AvgIpc) is 3.08. The predicted octanol–water partition coefficient (Wildman–Crippen LogP) is 3.10. The first-order valence-corrected chi connectivity index (χ1v) is 7.56. The largest absolute Gasteiger partial charge is 0.377 e. The Kier molecular flexibility index (Phi) is 3.62. The lowest BCUT2D eigenvalue weighted by atomic mass is 10.2. The van der Waals surface area contributed by atoms with Crippen LogP contribution >= 0.6 is 11.3 Å². The summed E-state index contributed by atoms with van der Waals surface area (Å²) in [6.45, 7) is 4.09. The summed E-state index contributed by atoms with van der Waals surface area (Å²) in [7, 11) is 0. The Balaban J connectivity index is 1.76. The predicted molar refractivity (Wildman–Crippen MR) is 85.3 cm³/mol. The van der Waals surface area contributed by atoms with E-state index < -0.39 is 0 Å². The summed E-state index contributed by atoms with van der Waals surface area (Å²) in [6, 6.07) is 7.90. The third-order valence-corrected chi connectivity index (χ3v) is 4.05. The molecule has 0 saturated heterocycles. The van der Waals surface area contributed by atoms with Crippen molar-refractivity contribution in [3.05, 3.63) is 63.2 Å². The zero-order chi connectivity index (χ0) is 14.8. The third kappa shape index (κ3) is 2.90. The van der Waals surface area contributed by atoms with Gasteiger partial charge in [-0.25, -0.2) is 9.78 Å². The molecule has 0 amide bonds. The van der Waals surface area contributed by atoms with Gasteiger partial charge in [0.2, 0.25) is 0 Å². The van der Waals surface area contributed by atoms with Crippen molar-refractivity contribution in [3.63, 3.8) is 0 Å². The number of benzene rings is 1. The van der Waals surface area contributed by atoms with E-state index in [0.717, 1.165) is 22.1 Å². The minimum absolute atomic E-state index is 0.137. The van der Waals surface area contributed by atoms with Crippen LogP contribution in [-0.4, -0.2) is 14.5 Å². The van der Waals surface area contributed by atoms with E-state index in [-0.39, 0.29) is 11.7 Å². The number of nitrogens with one attached hydrogen (secondary N) is 2. The molecule has 0 bridgehead atoms. The molecule has 1 unspecified atom stereocenters. The lowest BCUT2D eigenvalue weighted by Crippen LogP contribution is -2.14. The number of imidazole rings is 1. The van der Waals surface area contributed by atoms with E-state index in [4.69, 9.17) is 0 Å². The molecule has 0 aliphatic heterocycles. The standard InChI is InChI=1S/C15H16N4OS/c1-10(14-9-21-11(2)18-14)17-12-3-5-13(6-4-12)19-8-7-16-15(19)20/h3-10,17H,1-2H3,(H,16,20). The first-order valence-electron chi connectivity index (χ1n) is 6.68. The number of thiazole rings is 1. The molecule has 108 valence electrons. The number of aromatic amines is 1. The highest BCUT2D eigenvalue weighted by atomic mass is 32.1. The lowest BCUT2D eigenvalue weighted by molar-refractivity contribution is 0.845. The molecule has 5 nitrogen and oxygen atoms in total. The van der Waals surface area contributed by atoms with E-state index in [1.165, 1.54) is 0 Å². The summed E-state index contributed by atoms with van der Waals surface area (Å²) in [5.74, 6) is 0. The van der Waals surface area contributed by atoms with Gasteiger partial charge >= 0.3 is 5.69 Å². The summed E-state index contributed by atoms with van der Waals surface area (Å²) in [5.41, 5.74) is 2.75.